The number of thiophene rings is 1. The topological polar surface area (TPSA) is 138 Å². The van der Waals surface area contributed by atoms with Crippen LogP contribution in [0.4, 0.5) is 5.00 Å². The van der Waals surface area contributed by atoms with E-state index in [0.717, 1.165) is 16.9 Å². The van der Waals surface area contributed by atoms with E-state index in [0.29, 0.717) is 28.8 Å². The first-order valence-electron chi connectivity index (χ1n) is 10.8. The summed E-state index contributed by atoms with van der Waals surface area (Å²) < 4.78 is 12.6. The molecule has 0 spiro atoms. The molecule has 2 amide bonds. The summed E-state index contributed by atoms with van der Waals surface area (Å²) in [6.07, 6.45) is -0.365. The Morgan fingerprint density at radius 3 is 2.57 bits per heavy atom. The van der Waals surface area contributed by atoms with Crippen molar-refractivity contribution in [1.82, 2.24) is 14.8 Å². The number of esters is 1. The van der Waals surface area contributed by atoms with E-state index in [1.807, 2.05) is 35.8 Å². The summed E-state index contributed by atoms with van der Waals surface area (Å²) in [5, 5.41) is 12.0. The number of primary amides is 1. The van der Waals surface area contributed by atoms with Gasteiger partial charge in [0.2, 0.25) is 5.91 Å². The third kappa shape index (κ3) is 5.82. The van der Waals surface area contributed by atoms with E-state index < -0.39 is 11.9 Å². The van der Waals surface area contributed by atoms with Gasteiger partial charge >= 0.3 is 5.97 Å². The average Bonchev–Trinajstić information content (AvgIpc) is 3.37. The Labute approximate surface area is 211 Å². The van der Waals surface area contributed by atoms with Crippen LogP contribution >= 0.6 is 23.1 Å². The number of anilines is 1. The van der Waals surface area contributed by atoms with E-state index in [1.165, 1.54) is 11.8 Å². The van der Waals surface area contributed by atoms with Gasteiger partial charge in [0.05, 0.1) is 35.0 Å². The van der Waals surface area contributed by atoms with Gasteiger partial charge in [0.25, 0.3) is 5.91 Å². The highest BCUT2D eigenvalue weighted by atomic mass is 32.2. The minimum Gasteiger partial charge on any atom is -0.496 e. The molecular formula is C23H27N5O5S2. The first kappa shape index (κ1) is 26.2. The van der Waals surface area contributed by atoms with Crippen molar-refractivity contribution in [3.8, 4) is 17.1 Å². The first-order valence-corrected chi connectivity index (χ1v) is 12.6. The summed E-state index contributed by atoms with van der Waals surface area (Å²) in [4.78, 5) is 37.4. The molecular weight excluding hydrogens is 490 g/mol. The van der Waals surface area contributed by atoms with Crippen molar-refractivity contribution >= 4 is 45.9 Å². The number of amides is 2. The van der Waals surface area contributed by atoms with Gasteiger partial charge in [0, 0.05) is 6.54 Å². The zero-order valence-electron chi connectivity index (χ0n) is 20.1. The van der Waals surface area contributed by atoms with Crippen LogP contribution in [0.2, 0.25) is 0 Å². The maximum atomic E-state index is 12.8. The van der Waals surface area contributed by atoms with Crippen LogP contribution in [-0.2, 0) is 16.1 Å². The van der Waals surface area contributed by atoms with Crippen molar-refractivity contribution in [3.05, 3.63) is 40.3 Å². The predicted molar refractivity (Wildman–Crippen MR) is 135 cm³/mol. The summed E-state index contributed by atoms with van der Waals surface area (Å²) in [6, 6.07) is 7.49. The van der Waals surface area contributed by atoms with E-state index in [1.54, 1.807) is 27.9 Å². The number of nitrogens with zero attached hydrogens (tertiary/aromatic N) is 3. The van der Waals surface area contributed by atoms with Crippen LogP contribution < -0.4 is 15.8 Å². The van der Waals surface area contributed by atoms with Crippen molar-refractivity contribution in [3.63, 3.8) is 0 Å². The fourth-order valence-electron chi connectivity index (χ4n) is 3.36. The molecule has 1 aromatic carbocycles. The van der Waals surface area contributed by atoms with Gasteiger partial charge in [-0.15, -0.1) is 21.5 Å². The van der Waals surface area contributed by atoms with Crippen molar-refractivity contribution in [2.75, 3.05) is 18.2 Å². The third-order valence-electron chi connectivity index (χ3n) is 4.88. The Hall–Kier alpha value is -3.38. The fraction of sp³-hybridized carbons (Fsp3) is 0.348. The minimum absolute atomic E-state index is 0.00553. The highest BCUT2D eigenvalue weighted by Gasteiger charge is 2.26. The van der Waals surface area contributed by atoms with Crippen molar-refractivity contribution in [2.24, 2.45) is 5.73 Å². The van der Waals surface area contributed by atoms with Crippen molar-refractivity contribution < 1.29 is 23.9 Å². The molecule has 0 bridgehead atoms. The monoisotopic (exact) mass is 517 g/mol. The third-order valence-corrected chi connectivity index (χ3v) is 7.07. The van der Waals surface area contributed by atoms with Gasteiger partial charge in [-0.25, -0.2) is 4.79 Å². The lowest BCUT2D eigenvalue weighted by Gasteiger charge is -2.11. The second-order valence-electron chi connectivity index (χ2n) is 7.67. The summed E-state index contributed by atoms with van der Waals surface area (Å²) in [6.45, 7) is 7.57. The Balaban J connectivity index is 1.79. The van der Waals surface area contributed by atoms with E-state index in [-0.39, 0.29) is 33.2 Å². The molecule has 3 N–H and O–H groups in total. The fourth-order valence-corrected chi connectivity index (χ4v) is 5.22. The molecule has 0 fully saturated rings. The molecule has 0 aliphatic heterocycles. The van der Waals surface area contributed by atoms with Crippen molar-refractivity contribution in [1.29, 1.82) is 0 Å². The molecule has 0 aliphatic carbocycles. The second kappa shape index (κ2) is 11.4. The summed E-state index contributed by atoms with van der Waals surface area (Å²) in [7, 11) is 1.59. The van der Waals surface area contributed by atoms with Crippen LogP contribution in [0, 0.1) is 6.92 Å². The lowest BCUT2D eigenvalue weighted by atomic mass is 10.1. The van der Waals surface area contributed by atoms with E-state index in [9.17, 15) is 14.4 Å². The van der Waals surface area contributed by atoms with E-state index in [4.69, 9.17) is 15.2 Å². The molecule has 3 aromatic rings. The second-order valence-corrected chi connectivity index (χ2v) is 9.63. The molecule has 0 saturated heterocycles. The van der Waals surface area contributed by atoms with Crippen LogP contribution in [0.1, 0.15) is 46.4 Å². The Kier molecular flexibility index (Phi) is 8.52. The normalized spacial score (nSPS) is 10.9. The van der Waals surface area contributed by atoms with Gasteiger partial charge in [-0.3, -0.25) is 9.59 Å². The SMILES string of the molecule is CCn1c(SCC(=O)Nc2sc(C(N)=O)c(C)c2C(=O)OC(C)C)nnc1-c1ccccc1OC. The molecule has 2 aromatic heterocycles. The van der Waals surface area contributed by atoms with Gasteiger partial charge in [0.1, 0.15) is 10.8 Å². The van der Waals surface area contributed by atoms with Gasteiger partial charge in [-0.05, 0) is 45.4 Å². The molecule has 0 unspecified atom stereocenters. The number of ether oxygens (including phenoxy) is 2. The molecule has 186 valence electrons. The lowest BCUT2D eigenvalue weighted by Crippen LogP contribution is -2.18. The molecule has 0 atom stereocenters. The average molecular weight is 518 g/mol. The van der Waals surface area contributed by atoms with Crippen LogP contribution in [-0.4, -0.2) is 51.5 Å². The molecule has 3 rings (SSSR count). The zero-order valence-corrected chi connectivity index (χ0v) is 21.7. The Bertz CT molecular complexity index is 1250. The standard InChI is InChI=1S/C23H27N5O5S2/c1-6-28-20(14-9-7-8-10-15(14)32-5)26-27-23(28)34-11-16(29)25-21-17(22(31)33-12(2)3)13(4)18(35-21)19(24)30/h7-10,12H,6,11H2,1-5H3,(H2,24,30)(H,25,29). The van der Waals surface area contributed by atoms with E-state index >= 15 is 0 Å². The van der Waals surface area contributed by atoms with Crippen molar-refractivity contribution in [2.45, 2.75) is 45.5 Å². The maximum absolute atomic E-state index is 12.8. The summed E-state index contributed by atoms with van der Waals surface area (Å²) >= 11 is 2.15. The number of hydrogen-bond acceptors (Lipinski definition) is 9. The number of hydrogen-bond donors (Lipinski definition) is 2. The number of nitrogens with two attached hydrogens (primary N) is 1. The lowest BCUT2D eigenvalue weighted by molar-refractivity contribution is -0.113. The van der Waals surface area contributed by atoms with Crippen LogP contribution in [0.5, 0.6) is 5.75 Å². The van der Waals surface area contributed by atoms with Gasteiger partial charge in [-0.2, -0.15) is 0 Å². The highest BCUT2D eigenvalue weighted by molar-refractivity contribution is 7.99. The number of thioether (sulfide) groups is 1. The van der Waals surface area contributed by atoms with Crippen LogP contribution in [0.25, 0.3) is 11.4 Å². The summed E-state index contributed by atoms with van der Waals surface area (Å²) in [5.41, 5.74) is 6.74. The number of carbonyl (C=O) groups excluding carboxylic acids is 3. The number of rotatable bonds is 10. The molecule has 12 heteroatoms. The molecule has 10 nitrogen and oxygen atoms in total. The summed E-state index contributed by atoms with van der Waals surface area (Å²) in [5.74, 6) is -0.381. The molecule has 35 heavy (non-hydrogen) atoms. The van der Waals surface area contributed by atoms with Gasteiger partial charge in [-0.1, -0.05) is 23.9 Å². The van der Waals surface area contributed by atoms with Crippen LogP contribution in [0.15, 0.2) is 29.4 Å². The molecule has 2 heterocycles. The smallest absolute Gasteiger partial charge is 0.341 e. The first-order chi connectivity index (χ1) is 16.7. The minimum atomic E-state index is -0.680. The largest absolute Gasteiger partial charge is 0.496 e. The zero-order chi connectivity index (χ0) is 25.7. The number of methoxy groups -OCH3 is 1. The maximum Gasteiger partial charge on any atom is 0.341 e. The number of carbonyl (C=O) groups is 3. The number of aromatic nitrogens is 3. The highest BCUT2D eigenvalue weighted by Crippen LogP contribution is 2.34. The number of nitrogens with one attached hydrogen (secondary N) is 1. The van der Waals surface area contributed by atoms with Gasteiger partial charge in [0.15, 0.2) is 11.0 Å². The van der Waals surface area contributed by atoms with Crippen LogP contribution in [0.3, 0.4) is 0 Å². The Morgan fingerprint density at radius 2 is 1.94 bits per heavy atom. The van der Waals surface area contributed by atoms with E-state index in [2.05, 4.69) is 15.5 Å². The number of para-hydroxylation sites is 1. The molecule has 0 aliphatic rings. The Morgan fingerprint density at radius 1 is 1.23 bits per heavy atom. The molecule has 0 radical (unpaired) electrons. The number of benzene rings is 1. The quantitative estimate of drug-likeness (QED) is 0.306. The van der Waals surface area contributed by atoms with Gasteiger partial charge < -0.3 is 25.1 Å². The predicted octanol–water partition coefficient (Wildman–Crippen LogP) is 3.74. The molecule has 0 saturated carbocycles.